The first-order valence-corrected chi connectivity index (χ1v) is 10.1. The minimum Gasteiger partial charge on any atom is -0.489 e. The molecule has 0 heterocycles. The molecule has 0 aliphatic heterocycles. The minimum atomic E-state index is -0.539. The summed E-state index contributed by atoms with van der Waals surface area (Å²) in [4.78, 5) is 23.7. The van der Waals surface area contributed by atoms with Crippen LogP contribution in [0.25, 0.3) is 0 Å². The SMILES string of the molecule is N#Cc1ccccc1COc1ccc(C=NNC(=O)CCC(=O)Nc2ccccc2F)cc1. The molecule has 3 rings (SSSR count). The van der Waals surface area contributed by atoms with Gasteiger partial charge in [0.15, 0.2) is 0 Å². The van der Waals surface area contributed by atoms with Crippen LogP contribution in [0.1, 0.15) is 29.5 Å². The molecule has 0 atom stereocenters. The Morgan fingerprint density at radius 2 is 1.67 bits per heavy atom. The van der Waals surface area contributed by atoms with Crippen LogP contribution in [0, 0.1) is 17.1 Å². The van der Waals surface area contributed by atoms with Crippen LogP contribution >= 0.6 is 0 Å². The summed E-state index contributed by atoms with van der Waals surface area (Å²) in [6, 6.07) is 22.2. The van der Waals surface area contributed by atoms with Gasteiger partial charge in [0.2, 0.25) is 11.8 Å². The van der Waals surface area contributed by atoms with Crippen molar-refractivity contribution in [3.8, 4) is 11.8 Å². The summed E-state index contributed by atoms with van der Waals surface area (Å²) in [7, 11) is 0. The number of amides is 2. The molecule has 0 aliphatic carbocycles. The normalized spacial score (nSPS) is 10.4. The third-order valence-electron chi connectivity index (χ3n) is 4.54. The highest BCUT2D eigenvalue weighted by molar-refractivity contribution is 5.93. The Morgan fingerprint density at radius 3 is 2.42 bits per heavy atom. The molecule has 0 unspecified atom stereocenters. The van der Waals surface area contributed by atoms with E-state index in [9.17, 15) is 14.0 Å². The molecule has 2 N–H and O–H groups in total. The lowest BCUT2D eigenvalue weighted by Crippen LogP contribution is -2.20. The van der Waals surface area contributed by atoms with Gasteiger partial charge in [-0.15, -0.1) is 0 Å². The molecule has 0 aromatic heterocycles. The van der Waals surface area contributed by atoms with E-state index in [2.05, 4.69) is 21.9 Å². The molecule has 166 valence electrons. The molecule has 0 radical (unpaired) electrons. The number of rotatable bonds is 9. The third-order valence-corrected chi connectivity index (χ3v) is 4.54. The Kier molecular flexibility index (Phi) is 8.26. The summed E-state index contributed by atoms with van der Waals surface area (Å²) in [5.74, 6) is -0.814. The van der Waals surface area contributed by atoms with Crippen molar-refractivity contribution >= 4 is 23.7 Å². The van der Waals surface area contributed by atoms with E-state index < -0.39 is 17.6 Å². The molecule has 7 nitrogen and oxygen atoms in total. The lowest BCUT2D eigenvalue weighted by Gasteiger charge is -2.07. The predicted molar refractivity (Wildman–Crippen MR) is 122 cm³/mol. The number of benzene rings is 3. The van der Waals surface area contributed by atoms with E-state index in [0.717, 1.165) is 11.1 Å². The van der Waals surface area contributed by atoms with Crippen molar-refractivity contribution < 1.29 is 18.7 Å². The number of hydrazone groups is 1. The summed E-state index contributed by atoms with van der Waals surface area (Å²) in [6.45, 7) is 0.276. The molecule has 0 bridgehead atoms. The van der Waals surface area contributed by atoms with Crippen molar-refractivity contribution in [1.29, 1.82) is 5.26 Å². The van der Waals surface area contributed by atoms with E-state index in [0.29, 0.717) is 11.3 Å². The number of anilines is 1. The molecule has 0 spiro atoms. The maximum absolute atomic E-state index is 13.5. The number of carbonyl (C=O) groups excluding carboxylic acids is 2. The highest BCUT2D eigenvalue weighted by Crippen LogP contribution is 2.15. The second-order valence-electron chi connectivity index (χ2n) is 6.95. The number of ether oxygens (including phenoxy) is 1. The number of hydrogen-bond donors (Lipinski definition) is 2. The summed E-state index contributed by atoms with van der Waals surface area (Å²) < 4.78 is 19.2. The highest BCUT2D eigenvalue weighted by atomic mass is 19.1. The van der Waals surface area contributed by atoms with E-state index in [-0.39, 0.29) is 25.1 Å². The van der Waals surface area contributed by atoms with Gasteiger partial charge in [0.1, 0.15) is 18.2 Å². The van der Waals surface area contributed by atoms with Crippen LogP contribution in [-0.4, -0.2) is 18.0 Å². The highest BCUT2D eigenvalue weighted by Gasteiger charge is 2.09. The summed E-state index contributed by atoms with van der Waals surface area (Å²) in [6.07, 6.45) is 1.28. The smallest absolute Gasteiger partial charge is 0.240 e. The van der Waals surface area contributed by atoms with Crippen LogP contribution in [0.4, 0.5) is 10.1 Å². The molecule has 8 heteroatoms. The molecule has 0 saturated heterocycles. The minimum absolute atomic E-state index is 0.0719. The fourth-order valence-electron chi connectivity index (χ4n) is 2.80. The Bertz CT molecular complexity index is 1190. The number of nitriles is 1. The number of nitrogens with zero attached hydrogens (tertiary/aromatic N) is 2. The molecule has 3 aromatic carbocycles. The van der Waals surface area contributed by atoms with Crippen LogP contribution in [0.2, 0.25) is 0 Å². The molecule has 0 saturated carbocycles. The van der Waals surface area contributed by atoms with Crippen LogP contribution in [0.15, 0.2) is 77.9 Å². The van der Waals surface area contributed by atoms with Crippen molar-refractivity contribution in [2.24, 2.45) is 5.10 Å². The number of nitrogens with one attached hydrogen (secondary N) is 2. The molecule has 2 amide bonds. The lowest BCUT2D eigenvalue weighted by molar-refractivity contribution is -0.124. The third kappa shape index (κ3) is 7.29. The van der Waals surface area contributed by atoms with Crippen molar-refractivity contribution in [3.63, 3.8) is 0 Å². The molecule has 3 aromatic rings. The maximum Gasteiger partial charge on any atom is 0.240 e. The Morgan fingerprint density at radius 1 is 0.970 bits per heavy atom. The van der Waals surface area contributed by atoms with E-state index >= 15 is 0 Å². The fraction of sp³-hybridized carbons (Fsp3) is 0.120. The van der Waals surface area contributed by atoms with Gasteiger partial charge in [-0.05, 0) is 48.0 Å². The number of carbonyl (C=O) groups is 2. The van der Waals surface area contributed by atoms with Crippen molar-refractivity contribution in [2.45, 2.75) is 19.4 Å². The quantitative estimate of drug-likeness (QED) is 0.382. The second-order valence-corrected chi connectivity index (χ2v) is 6.95. The Balaban J connectivity index is 1.40. The zero-order valence-corrected chi connectivity index (χ0v) is 17.6. The fourth-order valence-corrected chi connectivity index (χ4v) is 2.80. The second kappa shape index (κ2) is 11.8. The summed E-state index contributed by atoms with van der Waals surface area (Å²) in [5.41, 5.74) is 4.53. The van der Waals surface area contributed by atoms with Gasteiger partial charge in [-0.1, -0.05) is 30.3 Å². The summed E-state index contributed by atoms with van der Waals surface area (Å²) >= 11 is 0. The zero-order chi connectivity index (χ0) is 23.5. The van der Waals surface area contributed by atoms with E-state index in [1.807, 2.05) is 12.1 Å². The first kappa shape index (κ1) is 23.2. The molecule has 33 heavy (non-hydrogen) atoms. The number of hydrogen-bond acceptors (Lipinski definition) is 5. The van der Waals surface area contributed by atoms with Crippen LogP contribution in [0.5, 0.6) is 5.75 Å². The van der Waals surface area contributed by atoms with Gasteiger partial charge in [-0.2, -0.15) is 10.4 Å². The van der Waals surface area contributed by atoms with Gasteiger partial charge in [0.05, 0.1) is 23.5 Å². The predicted octanol–water partition coefficient (Wildman–Crippen LogP) is 4.15. The largest absolute Gasteiger partial charge is 0.489 e. The van der Waals surface area contributed by atoms with Gasteiger partial charge in [0, 0.05) is 18.4 Å². The standard InChI is InChI=1S/C25H21FN4O3/c26-22-7-3-4-8-23(22)29-24(31)13-14-25(32)30-28-16-18-9-11-21(12-10-18)33-17-20-6-2-1-5-19(20)15-27/h1-12,16H,13-14,17H2,(H,29,31)(H,30,32). The van der Waals surface area contributed by atoms with Crippen molar-refractivity contribution in [1.82, 2.24) is 5.43 Å². The topological polar surface area (TPSA) is 104 Å². The first-order chi connectivity index (χ1) is 16.0. The van der Waals surface area contributed by atoms with Gasteiger partial charge >= 0.3 is 0 Å². The van der Waals surface area contributed by atoms with Crippen LogP contribution < -0.4 is 15.5 Å². The van der Waals surface area contributed by atoms with Crippen LogP contribution in [0.3, 0.4) is 0 Å². The van der Waals surface area contributed by atoms with Crippen LogP contribution in [-0.2, 0) is 16.2 Å². The van der Waals surface area contributed by atoms with E-state index in [1.165, 1.54) is 24.4 Å². The number of halogens is 1. The molecular weight excluding hydrogens is 423 g/mol. The zero-order valence-electron chi connectivity index (χ0n) is 17.6. The van der Waals surface area contributed by atoms with Gasteiger partial charge in [-0.3, -0.25) is 9.59 Å². The van der Waals surface area contributed by atoms with Gasteiger partial charge < -0.3 is 10.1 Å². The Labute approximate surface area is 190 Å². The summed E-state index contributed by atoms with van der Waals surface area (Å²) in [5, 5.41) is 15.4. The molecular formula is C25H21FN4O3. The van der Waals surface area contributed by atoms with Crippen molar-refractivity contribution in [3.05, 3.63) is 95.3 Å². The van der Waals surface area contributed by atoms with Crippen molar-refractivity contribution in [2.75, 3.05) is 5.32 Å². The van der Waals surface area contributed by atoms with E-state index in [4.69, 9.17) is 10.00 Å². The van der Waals surface area contributed by atoms with Gasteiger partial charge in [-0.25, -0.2) is 9.82 Å². The average Bonchev–Trinajstić information content (AvgIpc) is 2.84. The monoisotopic (exact) mass is 444 g/mol. The maximum atomic E-state index is 13.5. The van der Waals surface area contributed by atoms with E-state index in [1.54, 1.807) is 42.5 Å². The Hall–Kier alpha value is -4.51. The van der Waals surface area contributed by atoms with Gasteiger partial charge in [0.25, 0.3) is 0 Å². The lowest BCUT2D eigenvalue weighted by atomic mass is 10.1. The molecule has 0 fully saturated rings. The number of para-hydroxylation sites is 1. The first-order valence-electron chi connectivity index (χ1n) is 10.1. The molecule has 0 aliphatic rings. The average molecular weight is 444 g/mol.